The van der Waals surface area contributed by atoms with Crippen LogP contribution >= 0.6 is 11.3 Å². The molecule has 3 heterocycles. The molecule has 0 N–H and O–H groups in total. The number of nitrogens with zero attached hydrogens (tertiary/aromatic N) is 3. The SMILES string of the molecule is COCc1nc(OC)c2c(C)c(C(=O)N(Cc3ccccc3OC)CC3CCCO3)sc2n1. The van der Waals surface area contributed by atoms with Gasteiger partial charge in [-0.15, -0.1) is 11.3 Å². The Kier molecular flexibility index (Phi) is 7.42. The summed E-state index contributed by atoms with van der Waals surface area (Å²) < 4.78 is 22.1. The molecule has 0 saturated carbocycles. The van der Waals surface area contributed by atoms with Crippen molar-refractivity contribution >= 4 is 27.5 Å². The van der Waals surface area contributed by atoms with E-state index in [1.165, 1.54) is 11.3 Å². The third kappa shape index (κ3) is 4.95. The summed E-state index contributed by atoms with van der Waals surface area (Å²) in [5.41, 5.74) is 1.77. The Labute approximate surface area is 197 Å². The summed E-state index contributed by atoms with van der Waals surface area (Å²) in [4.78, 5) is 26.1. The summed E-state index contributed by atoms with van der Waals surface area (Å²) in [5.74, 6) is 1.67. The zero-order chi connectivity index (χ0) is 23.4. The smallest absolute Gasteiger partial charge is 0.264 e. The van der Waals surface area contributed by atoms with Gasteiger partial charge in [0, 0.05) is 32.4 Å². The minimum atomic E-state index is -0.0627. The topological polar surface area (TPSA) is 83.0 Å². The van der Waals surface area contributed by atoms with E-state index in [0.29, 0.717) is 34.5 Å². The lowest BCUT2D eigenvalue weighted by atomic mass is 10.1. The van der Waals surface area contributed by atoms with Crippen LogP contribution in [0.5, 0.6) is 11.6 Å². The number of thiophene rings is 1. The Morgan fingerprint density at radius 1 is 1.21 bits per heavy atom. The molecule has 1 fully saturated rings. The van der Waals surface area contributed by atoms with Crippen LogP contribution < -0.4 is 9.47 Å². The summed E-state index contributed by atoms with van der Waals surface area (Å²) in [6, 6.07) is 7.77. The van der Waals surface area contributed by atoms with Gasteiger partial charge in [-0.1, -0.05) is 18.2 Å². The number of aromatic nitrogens is 2. The number of amides is 1. The van der Waals surface area contributed by atoms with E-state index in [4.69, 9.17) is 18.9 Å². The lowest BCUT2D eigenvalue weighted by Crippen LogP contribution is -2.37. The van der Waals surface area contributed by atoms with Gasteiger partial charge in [0.05, 0.1) is 30.6 Å². The highest BCUT2D eigenvalue weighted by Gasteiger charge is 2.28. The second-order valence-corrected chi connectivity index (χ2v) is 8.95. The van der Waals surface area contributed by atoms with Gasteiger partial charge in [-0.3, -0.25) is 4.79 Å². The second-order valence-electron chi connectivity index (χ2n) is 7.95. The number of aryl methyl sites for hydroxylation is 1. The van der Waals surface area contributed by atoms with Crippen LogP contribution in [0.25, 0.3) is 10.2 Å². The first-order valence-corrected chi connectivity index (χ1v) is 11.7. The first-order valence-electron chi connectivity index (χ1n) is 10.9. The largest absolute Gasteiger partial charge is 0.496 e. The maximum atomic E-state index is 13.9. The third-order valence-electron chi connectivity index (χ3n) is 5.75. The molecule has 1 amide bonds. The number of para-hydroxylation sites is 1. The van der Waals surface area contributed by atoms with Gasteiger partial charge in [-0.05, 0) is 31.4 Å². The van der Waals surface area contributed by atoms with Gasteiger partial charge >= 0.3 is 0 Å². The highest BCUT2D eigenvalue weighted by molar-refractivity contribution is 7.20. The average molecular weight is 472 g/mol. The molecule has 1 atom stereocenters. The number of hydrogen-bond donors (Lipinski definition) is 0. The van der Waals surface area contributed by atoms with Gasteiger partial charge in [0.15, 0.2) is 5.82 Å². The van der Waals surface area contributed by atoms with E-state index in [-0.39, 0.29) is 18.6 Å². The molecule has 33 heavy (non-hydrogen) atoms. The van der Waals surface area contributed by atoms with E-state index in [2.05, 4.69) is 9.97 Å². The molecule has 0 bridgehead atoms. The number of rotatable bonds is 9. The first kappa shape index (κ1) is 23.4. The zero-order valence-corrected chi connectivity index (χ0v) is 20.2. The van der Waals surface area contributed by atoms with Crippen LogP contribution in [0.4, 0.5) is 0 Å². The third-order valence-corrected chi connectivity index (χ3v) is 6.93. The fourth-order valence-corrected chi connectivity index (χ4v) is 5.28. The lowest BCUT2D eigenvalue weighted by Gasteiger charge is -2.26. The van der Waals surface area contributed by atoms with E-state index < -0.39 is 0 Å². The van der Waals surface area contributed by atoms with Gasteiger partial charge in [0.1, 0.15) is 17.2 Å². The maximum absolute atomic E-state index is 13.9. The Morgan fingerprint density at radius 2 is 2.03 bits per heavy atom. The Bertz CT molecular complexity index is 1130. The molecule has 0 radical (unpaired) electrons. The van der Waals surface area contributed by atoms with Crippen molar-refractivity contribution in [1.29, 1.82) is 0 Å². The van der Waals surface area contributed by atoms with Gasteiger partial charge in [0.2, 0.25) is 5.88 Å². The summed E-state index contributed by atoms with van der Waals surface area (Å²) in [6.45, 7) is 3.86. The molecule has 4 rings (SSSR count). The van der Waals surface area contributed by atoms with E-state index in [1.54, 1.807) is 21.3 Å². The van der Waals surface area contributed by atoms with E-state index >= 15 is 0 Å². The molecule has 2 aromatic heterocycles. The summed E-state index contributed by atoms with van der Waals surface area (Å²) in [7, 11) is 4.81. The predicted molar refractivity (Wildman–Crippen MR) is 126 cm³/mol. The minimum Gasteiger partial charge on any atom is -0.496 e. The zero-order valence-electron chi connectivity index (χ0n) is 19.4. The number of carbonyl (C=O) groups is 1. The van der Waals surface area contributed by atoms with Crippen LogP contribution in [-0.4, -0.2) is 61.4 Å². The Balaban J connectivity index is 1.72. The lowest BCUT2D eigenvalue weighted by molar-refractivity contribution is 0.0509. The van der Waals surface area contributed by atoms with Crippen molar-refractivity contribution in [2.45, 2.75) is 39.0 Å². The summed E-state index contributed by atoms with van der Waals surface area (Å²) >= 11 is 1.36. The highest BCUT2D eigenvalue weighted by Crippen LogP contribution is 2.36. The fourth-order valence-electron chi connectivity index (χ4n) is 4.13. The molecule has 0 aliphatic carbocycles. The monoisotopic (exact) mass is 471 g/mol. The van der Waals surface area contributed by atoms with Crippen LogP contribution in [0, 0.1) is 6.92 Å². The van der Waals surface area contributed by atoms with E-state index in [0.717, 1.165) is 41.7 Å². The van der Waals surface area contributed by atoms with Crippen molar-refractivity contribution in [3.8, 4) is 11.6 Å². The molecule has 1 aromatic carbocycles. The molecular weight excluding hydrogens is 442 g/mol. The Hall–Kier alpha value is -2.75. The molecule has 3 aromatic rings. The molecule has 8 nitrogen and oxygen atoms in total. The first-order chi connectivity index (χ1) is 16.0. The number of carbonyl (C=O) groups excluding carboxylic acids is 1. The molecule has 9 heteroatoms. The summed E-state index contributed by atoms with van der Waals surface area (Å²) in [5, 5.41) is 0.764. The van der Waals surface area contributed by atoms with Crippen molar-refractivity contribution in [2.75, 3.05) is 34.5 Å². The summed E-state index contributed by atoms with van der Waals surface area (Å²) in [6.07, 6.45) is 1.99. The quantitative estimate of drug-likeness (QED) is 0.467. The number of methoxy groups -OCH3 is 3. The van der Waals surface area contributed by atoms with Gasteiger partial charge in [-0.2, -0.15) is 4.98 Å². The molecule has 176 valence electrons. The molecule has 0 spiro atoms. The van der Waals surface area contributed by atoms with Crippen LogP contribution in [0.1, 0.15) is 39.5 Å². The fraction of sp³-hybridized carbons (Fsp3) is 0.458. The van der Waals surface area contributed by atoms with Crippen molar-refractivity contribution in [3.05, 3.63) is 46.1 Å². The van der Waals surface area contributed by atoms with Crippen molar-refractivity contribution in [3.63, 3.8) is 0 Å². The molecular formula is C24H29N3O5S. The van der Waals surface area contributed by atoms with Gasteiger partial charge < -0.3 is 23.8 Å². The van der Waals surface area contributed by atoms with Crippen LogP contribution in [0.3, 0.4) is 0 Å². The van der Waals surface area contributed by atoms with Crippen molar-refractivity contribution in [1.82, 2.24) is 14.9 Å². The van der Waals surface area contributed by atoms with Crippen LogP contribution in [0.15, 0.2) is 24.3 Å². The average Bonchev–Trinajstić information content (AvgIpc) is 3.46. The van der Waals surface area contributed by atoms with Crippen molar-refractivity contribution < 1.29 is 23.7 Å². The standard InChI is InChI=1S/C24H29N3O5S/c1-15-20-22(31-4)25-19(14-29-2)26-23(20)33-21(15)24(28)27(13-17-9-7-11-32-17)12-16-8-5-6-10-18(16)30-3/h5-6,8,10,17H,7,9,11-14H2,1-4H3. The molecule has 1 aliphatic rings. The Morgan fingerprint density at radius 3 is 2.73 bits per heavy atom. The molecule has 1 aliphatic heterocycles. The minimum absolute atomic E-state index is 0.0287. The second kappa shape index (κ2) is 10.5. The van der Waals surface area contributed by atoms with Gasteiger partial charge in [0.25, 0.3) is 5.91 Å². The van der Waals surface area contributed by atoms with Crippen molar-refractivity contribution in [2.24, 2.45) is 0 Å². The molecule has 1 unspecified atom stereocenters. The maximum Gasteiger partial charge on any atom is 0.264 e. The van der Waals surface area contributed by atoms with Gasteiger partial charge in [-0.25, -0.2) is 4.98 Å². The molecule has 1 saturated heterocycles. The normalized spacial score (nSPS) is 15.7. The number of hydrogen-bond acceptors (Lipinski definition) is 8. The van der Waals surface area contributed by atoms with E-state index in [1.807, 2.05) is 36.1 Å². The number of ether oxygens (including phenoxy) is 4. The number of fused-ring (bicyclic) bond motifs is 1. The van der Waals surface area contributed by atoms with Crippen LogP contribution in [0.2, 0.25) is 0 Å². The highest BCUT2D eigenvalue weighted by atomic mass is 32.1. The van der Waals surface area contributed by atoms with Crippen LogP contribution in [-0.2, 0) is 22.6 Å². The van der Waals surface area contributed by atoms with E-state index in [9.17, 15) is 4.79 Å². The predicted octanol–water partition coefficient (Wildman–Crippen LogP) is 3.98. The number of benzene rings is 1.